The maximum absolute atomic E-state index is 8.59. The lowest BCUT2D eigenvalue weighted by molar-refractivity contribution is 0.0745. The van der Waals surface area contributed by atoms with Crippen molar-refractivity contribution >= 4 is 0 Å². The van der Waals surface area contributed by atoms with Gasteiger partial charge in [-0.3, -0.25) is 0 Å². The third-order valence-corrected chi connectivity index (χ3v) is 2.13. The van der Waals surface area contributed by atoms with Crippen molar-refractivity contribution in [2.45, 2.75) is 25.8 Å². The van der Waals surface area contributed by atoms with E-state index in [4.69, 9.17) is 5.11 Å². The van der Waals surface area contributed by atoms with Crippen LogP contribution in [0.5, 0.6) is 0 Å². The Morgan fingerprint density at radius 1 is 1.67 bits per heavy atom. The van der Waals surface area contributed by atoms with Crippen molar-refractivity contribution in [3.8, 4) is 0 Å². The van der Waals surface area contributed by atoms with Crippen LogP contribution in [0.2, 0.25) is 0 Å². The minimum Gasteiger partial charge on any atom is -0.396 e. The highest BCUT2D eigenvalue weighted by molar-refractivity contribution is 4.80. The fourth-order valence-electron chi connectivity index (χ4n) is 1.39. The molecule has 0 bridgehead atoms. The van der Waals surface area contributed by atoms with Crippen LogP contribution in [0.4, 0.5) is 0 Å². The van der Waals surface area contributed by atoms with Gasteiger partial charge in [-0.2, -0.15) is 0 Å². The highest BCUT2D eigenvalue weighted by atomic mass is 16.3. The molecule has 0 radical (unpaired) electrons. The van der Waals surface area contributed by atoms with E-state index in [0.29, 0.717) is 12.6 Å². The molecule has 2 heteroatoms. The molecule has 0 aromatic rings. The molecular weight excluding hydrogens is 114 g/mol. The second-order valence-corrected chi connectivity index (χ2v) is 2.58. The fraction of sp³-hybridized carbons (Fsp3) is 1.00. The molecule has 0 aromatic heterocycles. The molecule has 1 aliphatic heterocycles. The highest BCUT2D eigenvalue weighted by Crippen LogP contribution is 2.18. The monoisotopic (exact) mass is 129 g/mol. The lowest BCUT2D eigenvalue weighted by Gasteiger charge is -2.40. The average molecular weight is 129 g/mol. The summed E-state index contributed by atoms with van der Waals surface area (Å²) in [5.41, 5.74) is 0. The number of nitrogens with zero attached hydrogens (tertiary/aromatic N) is 1. The van der Waals surface area contributed by atoms with Crippen LogP contribution in [0.15, 0.2) is 0 Å². The molecule has 0 saturated carbocycles. The third-order valence-electron chi connectivity index (χ3n) is 2.13. The molecule has 2 nitrogen and oxygen atoms in total. The quantitative estimate of drug-likeness (QED) is 0.598. The van der Waals surface area contributed by atoms with Crippen molar-refractivity contribution in [2.75, 3.05) is 19.7 Å². The molecule has 1 unspecified atom stereocenters. The summed E-state index contributed by atoms with van der Waals surface area (Å²) in [5.74, 6) is 0. The zero-order valence-electron chi connectivity index (χ0n) is 6.01. The number of aliphatic hydroxyl groups excluding tert-OH is 1. The normalized spacial score (nSPS) is 28.0. The zero-order chi connectivity index (χ0) is 6.69. The van der Waals surface area contributed by atoms with Gasteiger partial charge in [-0.1, -0.05) is 6.92 Å². The summed E-state index contributed by atoms with van der Waals surface area (Å²) < 4.78 is 0. The predicted molar refractivity (Wildman–Crippen MR) is 37.4 cm³/mol. The van der Waals surface area contributed by atoms with Crippen molar-refractivity contribution < 1.29 is 5.11 Å². The van der Waals surface area contributed by atoms with Gasteiger partial charge in [-0.25, -0.2) is 0 Å². The van der Waals surface area contributed by atoms with Gasteiger partial charge < -0.3 is 10.0 Å². The molecule has 9 heavy (non-hydrogen) atoms. The summed E-state index contributed by atoms with van der Waals surface area (Å²) in [6.07, 6.45) is 2.25. The molecule has 1 N–H and O–H groups in total. The van der Waals surface area contributed by atoms with Crippen molar-refractivity contribution in [2.24, 2.45) is 0 Å². The van der Waals surface area contributed by atoms with Crippen LogP contribution < -0.4 is 0 Å². The maximum Gasteiger partial charge on any atom is 0.0445 e. The summed E-state index contributed by atoms with van der Waals surface area (Å²) in [7, 11) is 0. The summed E-state index contributed by atoms with van der Waals surface area (Å²) in [6, 6.07) is 0.694. The van der Waals surface area contributed by atoms with Crippen LogP contribution in [0.25, 0.3) is 0 Å². The van der Waals surface area contributed by atoms with Gasteiger partial charge in [0.25, 0.3) is 0 Å². The second kappa shape index (κ2) is 3.18. The van der Waals surface area contributed by atoms with E-state index in [2.05, 4.69) is 11.8 Å². The summed E-state index contributed by atoms with van der Waals surface area (Å²) in [6.45, 7) is 4.90. The minimum absolute atomic E-state index is 0.348. The van der Waals surface area contributed by atoms with Crippen molar-refractivity contribution in [1.82, 2.24) is 4.90 Å². The lowest BCUT2D eigenvalue weighted by Crippen LogP contribution is -2.47. The summed E-state index contributed by atoms with van der Waals surface area (Å²) in [5, 5.41) is 8.59. The number of hydrogen-bond acceptors (Lipinski definition) is 2. The topological polar surface area (TPSA) is 23.5 Å². The minimum atomic E-state index is 0.348. The van der Waals surface area contributed by atoms with E-state index in [1.165, 1.54) is 13.0 Å². The average Bonchev–Trinajstić information content (AvgIpc) is 1.82. The molecule has 1 rings (SSSR count). The van der Waals surface area contributed by atoms with Gasteiger partial charge in [0.1, 0.15) is 0 Å². The molecular formula is C7H15NO. The predicted octanol–water partition coefficient (Wildman–Crippen LogP) is 0.463. The third kappa shape index (κ3) is 1.43. The molecule has 54 valence electrons. The van der Waals surface area contributed by atoms with E-state index < -0.39 is 0 Å². The fourth-order valence-corrected chi connectivity index (χ4v) is 1.39. The smallest absolute Gasteiger partial charge is 0.0445 e. The largest absolute Gasteiger partial charge is 0.396 e. The number of aliphatic hydroxyl groups is 1. The van der Waals surface area contributed by atoms with Gasteiger partial charge in [-0.05, 0) is 25.9 Å². The van der Waals surface area contributed by atoms with Crippen LogP contribution in [-0.4, -0.2) is 35.7 Å². The van der Waals surface area contributed by atoms with Gasteiger partial charge in [0, 0.05) is 12.6 Å². The molecule has 1 aliphatic rings. The molecule has 0 aliphatic carbocycles. The van der Waals surface area contributed by atoms with E-state index in [0.717, 1.165) is 13.0 Å². The molecule has 0 aromatic carbocycles. The van der Waals surface area contributed by atoms with Crippen molar-refractivity contribution in [3.63, 3.8) is 0 Å². The van der Waals surface area contributed by atoms with Gasteiger partial charge >= 0.3 is 0 Å². The van der Waals surface area contributed by atoms with Gasteiger partial charge in [0.2, 0.25) is 0 Å². The lowest BCUT2D eigenvalue weighted by atomic mass is 10.0. The Morgan fingerprint density at radius 3 is 2.78 bits per heavy atom. The van der Waals surface area contributed by atoms with E-state index in [1.54, 1.807) is 0 Å². The van der Waals surface area contributed by atoms with E-state index in [1.807, 2.05) is 0 Å². The second-order valence-electron chi connectivity index (χ2n) is 2.58. The Morgan fingerprint density at radius 2 is 2.44 bits per heavy atom. The first-order chi connectivity index (χ1) is 4.38. The Bertz CT molecular complexity index is 83.0. The number of likely N-dealkylation sites (tertiary alicyclic amines) is 1. The maximum atomic E-state index is 8.59. The SMILES string of the molecule is CCN1CCC1CCO. The molecule has 1 heterocycles. The molecule has 1 saturated heterocycles. The van der Waals surface area contributed by atoms with E-state index in [-0.39, 0.29) is 0 Å². The highest BCUT2D eigenvalue weighted by Gasteiger charge is 2.24. The van der Waals surface area contributed by atoms with Crippen LogP contribution >= 0.6 is 0 Å². The van der Waals surface area contributed by atoms with Crippen molar-refractivity contribution in [1.29, 1.82) is 0 Å². The molecule has 0 amide bonds. The van der Waals surface area contributed by atoms with Crippen LogP contribution in [0.1, 0.15) is 19.8 Å². The Balaban J connectivity index is 2.11. The van der Waals surface area contributed by atoms with Crippen LogP contribution in [0, 0.1) is 0 Å². The molecule has 1 fully saturated rings. The standard InChI is InChI=1S/C7H15NO/c1-2-8-5-3-7(8)4-6-9/h7,9H,2-6H2,1H3. The number of hydrogen-bond donors (Lipinski definition) is 1. The Kier molecular flexibility index (Phi) is 2.49. The zero-order valence-corrected chi connectivity index (χ0v) is 6.01. The summed E-state index contributed by atoms with van der Waals surface area (Å²) >= 11 is 0. The molecule has 1 atom stereocenters. The van der Waals surface area contributed by atoms with Crippen LogP contribution in [-0.2, 0) is 0 Å². The van der Waals surface area contributed by atoms with Crippen LogP contribution in [0.3, 0.4) is 0 Å². The first-order valence-corrected chi connectivity index (χ1v) is 3.73. The number of rotatable bonds is 3. The molecule has 0 spiro atoms. The first kappa shape index (κ1) is 7.03. The Hall–Kier alpha value is -0.0800. The first-order valence-electron chi connectivity index (χ1n) is 3.73. The Labute approximate surface area is 56.5 Å². The summed E-state index contributed by atoms with van der Waals surface area (Å²) in [4.78, 5) is 2.40. The van der Waals surface area contributed by atoms with Crippen molar-refractivity contribution in [3.05, 3.63) is 0 Å². The van der Waals surface area contributed by atoms with Gasteiger partial charge in [-0.15, -0.1) is 0 Å². The van der Waals surface area contributed by atoms with E-state index in [9.17, 15) is 0 Å². The van der Waals surface area contributed by atoms with Gasteiger partial charge in [0.05, 0.1) is 0 Å². The van der Waals surface area contributed by atoms with E-state index >= 15 is 0 Å². The van der Waals surface area contributed by atoms with Gasteiger partial charge in [0.15, 0.2) is 0 Å².